The van der Waals surface area contributed by atoms with Gasteiger partial charge in [-0.2, -0.15) is 0 Å². The van der Waals surface area contributed by atoms with Gasteiger partial charge < -0.3 is 4.74 Å². The summed E-state index contributed by atoms with van der Waals surface area (Å²) in [5, 5.41) is 0. The predicted octanol–water partition coefficient (Wildman–Crippen LogP) is 2.73. The number of hydrogen-bond donors (Lipinski definition) is 0. The van der Waals surface area contributed by atoms with Crippen LogP contribution in [-0.2, 0) is 26.8 Å². The Balaban J connectivity index is 0.00000154. The number of esters is 1. The molecule has 2 unspecified atom stereocenters. The average Bonchev–Trinajstić information content (AvgIpc) is 2.41. The van der Waals surface area contributed by atoms with E-state index in [9.17, 15) is 9.00 Å². The monoisotopic (exact) mass is 284 g/mol. The maximum Gasteiger partial charge on any atom is 0.309 e. The molecule has 0 radical (unpaired) electrons. The van der Waals surface area contributed by atoms with E-state index in [-0.39, 0.29) is 11.9 Å². The Labute approximate surface area is 118 Å². The minimum absolute atomic E-state index is 0.291. The number of ether oxygens (including phenoxy) is 1. The van der Waals surface area contributed by atoms with E-state index in [4.69, 9.17) is 4.74 Å². The summed E-state index contributed by atoms with van der Waals surface area (Å²) in [5.41, 5.74) is 2.25. The Kier molecular flexibility index (Phi) is 9.13. The molecule has 0 aliphatic heterocycles. The molecule has 3 nitrogen and oxygen atoms in total. The van der Waals surface area contributed by atoms with Crippen LogP contribution in [0.15, 0.2) is 24.3 Å². The van der Waals surface area contributed by atoms with Crippen molar-refractivity contribution in [1.29, 1.82) is 0 Å². The Morgan fingerprint density at radius 1 is 1.26 bits per heavy atom. The van der Waals surface area contributed by atoms with Crippen molar-refractivity contribution in [3.05, 3.63) is 35.4 Å². The number of carbonyl (C=O) groups is 1. The highest BCUT2D eigenvalue weighted by Crippen LogP contribution is 2.12. The molecule has 0 bridgehead atoms. The molecule has 0 saturated carbocycles. The van der Waals surface area contributed by atoms with Gasteiger partial charge >= 0.3 is 5.97 Å². The van der Waals surface area contributed by atoms with Crippen LogP contribution in [0.5, 0.6) is 0 Å². The Morgan fingerprint density at radius 2 is 1.79 bits per heavy atom. The number of methoxy groups -OCH3 is 1. The van der Waals surface area contributed by atoms with Gasteiger partial charge in [0.05, 0.1) is 13.0 Å². The molecule has 1 aromatic rings. The van der Waals surface area contributed by atoms with Gasteiger partial charge in [-0.3, -0.25) is 9.00 Å². The standard InChI is InChI=1S/C13H18O3S.C2H6/c1-10-4-6-11(7-5-10)8-12(9-17(3)15)13(14)16-2;1-2/h4-7,12H,8-9H2,1-3H3;1-2H3. The first-order valence-corrected chi connectivity index (χ1v) is 8.19. The molecule has 0 spiro atoms. The highest BCUT2D eigenvalue weighted by Gasteiger charge is 2.20. The summed E-state index contributed by atoms with van der Waals surface area (Å²) in [6.07, 6.45) is 2.18. The molecule has 0 heterocycles. The second-order valence-corrected chi connectivity index (χ2v) is 5.63. The molecule has 0 aliphatic rings. The van der Waals surface area contributed by atoms with Gasteiger partial charge in [0.15, 0.2) is 0 Å². The van der Waals surface area contributed by atoms with Crippen molar-refractivity contribution in [1.82, 2.24) is 0 Å². The van der Waals surface area contributed by atoms with Crippen LogP contribution >= 0.6 is 0 Å². The van der Waals surface area contributed by atoms with Crippen LogP contribution < -0.4 is 0 Å². The van der Waals surface area contributed by atoms with Crippen LogP contribution in [-0.4, -0.2) is 29.3 Å². The van der Waals surface area contributed by atoms with Gasteiger partial charge in [-0.25, -0.2) is 0 Å². The van der Waals surface area contributed by atoms with Crippen molar-refractivity contribution in [2.24, 2.45) is 5.92 Å². The zero-order valence-corrected chi connectivity index (χ0v) is 13.3. The van der Waals surface area contributed by atoms with E-state index in [1.54, 1.807) is 6.26 Å². The summed E-state index contributed by atoms with van der Waals surface area (Å²) < 4.78 is 16.0. The van der Waals surface area contributed by atoms with Crippen LogP contribution in [0.4, 0.5) is 0 Å². The van der Waals surface area contributed by atoms with Crippen LogP contribution in [0.1, 0.15) is 25.0 Å². The first-order valence-electron chi connectivity index (χ1n) is 6.46. The van der Waals surface area contributed by atoms with Gasteiger partial charge in [-0.05, 0) is 18.9 Å². The van der Waals surface area contributed by atoms with Gasteiger partial charge in [-0.1, -0.05) is 43.7 Å². The molecule has 0 N–H and O–H groups in total. The van der Waals surface area contributed by atoms with E-state index in [1.165, 1.54) is 12.7 Å². The van der Waals surface area contributed by atoms with Crippen LogP contribution in [0.3, 0.4) is 0 Å². The summed E-state index contributed by atoms with van der Waals surface area (Å²) in [4.78, 5) is 11.6. The van der Waals surface area contributed by atoms with E-state index in [0.717, 1.165) is 5.56 Å². The van der Waals surface area contributed by atoms with E-state index in [1.807, 2.05) is 45.0 Å². The zero-order valence-electron chi connectivity index (χ0n) is 12.4. The van der Waals surface area contributed by atoms with Crippen molar-refractivity contribution in [2.45, 2.75) is 27.2 Å². The van der Waals surface area contributed by atoms with Crippen molar-refractivity contribution in [3.63, 3.8) is 0 Å². The molecule has 0 fully saturated rings. The van der Waals surface area contributed by atoms with E-state index < -0.39 is 10.8 Å². The molecule has 0 aliphatic carbocycles. The molecule has 0 aromatic heterocycles. The Morgan fingerprint density at radius 3 is 2.21 bits per heavy atom. The van der Waals surface area contributed by atoms with Crippen LogP contribution in [0.25, 0.3) is 0 Å². The average molecular weight is 284 g/mol. The number of carbonyl (C=O) groups excluding carboxylic acids is 1. The fourth-order valence-corrected chi connectivity index (χ4v) is 2.49. The lowest BCUT2D eigenvalue weighted by molar-refractivity contribution is -0.144. The lowest BCUT2D eigenvalue weighted by Crippen LogP contribution is -2.24. The van der Waals surface area contributed by atoms with Crippen LogP contribution in [0, 0.1) is 12.8 Å². The van der Waals surface area contributed by atoms with Crippen molar-refractivity contribution < 1.29 is 13.7 Å². The normalized spacial score (nSPS) is 12.9. The first kappa shape index (κ1) is 17.8. The van der Waals surface area contributed by atoms with Gasteiger partial charge in [0.25, 0.3) is 0 Å². The van der Waals surface area contributed by atoms with Crippen LogP contribution in [0.2, 0.25) is 0 Å². The number of benzene rings is 1. The fraction of sp³-hybridized carbons (Fsp3) is 0.533. The van der Waals surface area contributed by atoms with Crippen molar-refractivity contribution in [2.75, 3.05) is 19.1 Å². The molecule has 2 atom stereocenters. The smallest absolute Gasteiger partial charge is 0.309 e. The minimum atomic E-state index is -0.997. The predicted molar refractivity (Wildman–Crippen MR) is 80.7 cm³/mol. The third-order valence-corrected chi connectivity index (χ3v) is 3.44. The summed E-state index contributed by atoms with van der Waals surface area (Å²) in [5.74, 6) is -0.269. The van der Waals surface area contributed by atoms with E-state index >= 15 is 0 Å². The molecule has 108 valence electrons. The number of hydrogen-bond acceptors (Lipinski definition) is 3. The molecule has 4 heteroatoms. The molecule has 0 amide bonds. The first-order chi connectivity index (χ1) is 9.02. The summed E-state index contributed by atoms with van der Waals surface area (Å²) in [6, 6.07) is 7.99. The number of aryl methyl sites for hydroxylation is 1. The van der Waals surface area contributed by atoms with E-state index in [2.05, 4.69) is 0 Å². The summed E-state index contributed by atoms with van der Waals surface area (Å²) >= 11 is 0. The zero-order chi connectivity index (χ0) is 14.8. The third-order valence-electron chi connectivity index (χ3n) is 2.57. The topological polar surface area (TPSA) is 43.4 Å². The van der Waals surface area contributed by atoms with E-state index in [0.29, 0.717) is 12.2 Å². The Hall–Kier alpha value is -1.16. The molecule has 1 aromatic carbocycles. The van der Waals surface area contributed by atoms with Gasteiger partial charge in [-0.15, -0.1) is 0 Å². The fourth-order valence-electron chi connectivity index (χ4n) is 1.67. The van der Waals surface area contributed by atoms with Gasteiger partial charge in [0, 0.05) is 22.8 Å². The SMILES string of the molecule is CC.COC(=O)C(Cc1ccc(C)cc1)CS(C)=O. The maximum atomic E-state index is 11.6. The molecular weight excluding hydrogens is 260 g/mol. The third kappa shape index (κ3) is 7.11. The summed E-state index contributed by atoms with van der Waals surface area (Å²) in [6.45, 7) is 6.02. The second-order valence-electron chi connectivity index (χ2n) is 4.15. The largest absolute Gasteiger partial charge is 0.469 e. The van der Waals surface area contributed by atoms with Gasteiger partial charge in [0.1, 0.15) is 0 Å². The molecule has 0 saturated heterocycles. The van der Waals surface area contributed by atoms with Crippen molar-refractivity contribution >= 4 is 16.8 Å². The highest BCUT2D eigenvalue weighted by atomic mass is 32.2. The Bertz CT molecular complexity index is 398. The van der Waals surface area contributed by atoms with Crippen molar-refractivity contribution in [3.8, 4) is 0 Å². The highest BCUT2D eigenvalue weighted by molar-refractivity contribution is 7.84. The maximum absolute atomic E-state index is 11.6. The number of rotatable bonds is 5. The minimum Gasteiger partial charge on any atom is -0.469 e. The quantitative estimate of drug-likeness (QED) is 0.781. The molecular formula is C15H24O3S. The lowest BCUT2D eigenvalue weighted by atomic mass is 10.0. The summed E-state index contributed by atoms with van der Waals surface area (Å²) in [7, 11) is 0.367. The lowest BCUT2D eigenvalue weighted by Gasteiger charge is -2.13. The molecule has 19 heavy (non-hydrogen) atoms. The van der Waals surface area contributed by atoms with Gasteiger partial charge in [0.2, 0.25) is 0 Å². The second kappa shape index (κ2) is 9.73. The molecule has 1 rings (SSSR count).